The molecule has 0 aromatic heterocycles. The molecule has 0 saturated heterocycles. The fraction of sp³-hybridized carbons (Fsp3) is 0.200. The summed E-state index contributed by atoms with van der Waals surface area (Å²) in [5.41, 5.74) is 0. The van der Waals surface area contributed by atoms with Crippen LogP contribution in [-0.2, 0) is 19.1 Å². The first-order valence-corrected chi connectivity index (χ1v) is 4.03. The molecule has 0 N–H and O–H groups in total. The van der Waals surface area contributed by atoms with E-state index in [9.17, 15) is 14.0 Å². The van der Waals surface area contributed by atoms with Crippen LogP contribution in [-0.4, -0.2) is 24.9 Å². The molecule has 1 atom stereocenters. The van der Waals surface area contributed by atoms with Crippen molar-refractivity contribution in [2.45, 2.75) is 6.36 Å². The van der Waals surface area contributed by atoms with E-state index in [1.54, 1.807) is 0 Å². The van der Waals surface area contributed by atoms with Crippen LogP contribution in [0.25, 0.3) is 0 Å². The van der Waals surface area contributed by atoms with E-state index in [0.717, 1.165) is 18.2 Å². The minimum Gasteiger partial charge on any atom is -0.458 e. The maximum atomic E-state index is 12.4. The van der Waals surface area contributed by atoms with Gasteiger partial charge in [0.15, 0.2) is 0 Å². The van der Waals surface area contributed by atoms with Crippen LogP contribution in [0.5, 0.6) is 0 Å². The van der Waals surface area contributed by atoms with Crippen LogP contribution in [0.2, 0.25) is 0 Å². The Morgan fingerprint density at radius 2 is 1.87 bits per heavy atom. The van der Waals surface area contributed by atoms with Gasteiger partial charge in [0.05, 0.1) is 0 Å². The number of carbonyl (C=O) groups is 2. The molecule has 0 amide bonds. The Balaban J connectivity index is 3.94. The van der Waals surface area contributed by atoms with Crippen molar-refractivity contribution in [1.29, 1.82) is 0 Å². The minimum atomic E-state index is -1.88. The molecule has 0 aliphatic rings. The average molecular weight is 214 g/mol. The molecule has 4 nitrogen and oxygen atoms in total. The van der Waals surface area contributed by atoms with E-state index in [0.29, 0.717) is 0 Å². The minimum absolute atomic E-state index is 0.0383. The van der Waals surface area contributed by atoms with Crippen LogP contribution >= 0.6 is 0 Å². The fourth-order valence-corrected chi connectivity index (χ4v) is 0.524. The number of hydrogen-bond acceptors (Lipinski definition) is 4. The molecule has 0 aliphatic carbocycles. The summed E-state index contributed by atoms with van der Waals surface area (Å²) in [6, 6.07) is 0. The molecule has 0 fully saturated rings. The Morgan fingerprint density at radius 3 is 2.40 bits per heavy atom. The zero-order chi connectivity index (χ0) is 11.7. The smallest absolute Gasteiger partial charge is 0.333 e. The third kappa shape index (κ3) is 7.18. The summed E-state index contributed by atoms with van der Waals surface area (Å²) < 4.78 is 21.0. The summed E-state index contributed by atoms with van der Waals surface area (Å²) in [5, 5.41) is 0. The molecule has 0 aromatic rings. The zero-order valence-electron chi connectivity index (χ0n) is 8.02. The van der Waals surface area contributed by atoms with Crippen LogP contribution in [0.15, 0.2) is 37.5 Å². The number of rotatable bonds is 6. The Bertz CT molecular complexity index is 283. The lowest BCUT2D eigenvalue weighted by Gasteiger charge is -2.01. The summed E-state index contributed by atoms with van der Waals surface area (Å²) in [4.78, 5) is 21.5. The standard InChI is InChI=1S/C10H11FO4/c1-3-7-14-9(12)5-6-10(13)15-8(11)4-2/h3-6,8H,1-2,7H2. The largest absolute Gasteiger partial charge is 0.458 e. The number of alkyl halides is 1. The summed E-state index contributed by atoms with van der Waals surface area (Å²) >= 11 is 0. The van der Waals surface area contributed by atoms with Crippen molar-refractivity contribution >= 4 is 11.9 Å². The van der Waals surface area contributed by atoms with Gasteiger partial charge in [-0.15, -0.1) is 0 Å². The topological polar surface area (TPSA) is 52.6 Å². The number of hydrogen-bond donors (Lipinski definition) is 0. The number of halogens is 1. The maximum absolute atomic E-state index is 12.4. The molecule has 0 aromatic carbocycles. The van der Waals surface area contributed by atoms with Crippen molar-refractivity contribution < 1.29 is 23.5 Å². The summed E-state index contributed by atoms with van der Waals surface area (Å²) in [5.74, 6) is -1.72. The fourth-order valence-electron chi connectivity index (χ4n) is 0.524. The molecule has 0 rings (SSSR count). The molecule has 1 unspecified atom stereocenters. The first kappa shape index (κ1) is 13.1. The monoisotopic (exact) mass is 214 g/mol. The maximum Gasteiger partial charge on any atom is 0.333 e. The van der Waals surface area contributed by atoms with Gasteiger partial charge in [-0.3, -0.25) is 0 Å². The van der Waals surface area contributed by atoms with Crippen LogP contribution < -0.4 is 0 Å². The molecule has 0 saturated carbocycles. The highest BCUT2D eigenvalue weighted by Gasteiger charge is 2.05. The molecule has 0 aliphatic heterocycles. The van der Waals surface area contributed by atoms with E-state index in [4.69, 9.17) is 0 Å². The van der Waals surface area contributed by atoms with Gasteiger partial charge in [-0.05, 0) is 6.08 Å². The molecule has 82 valence electrons. The predicted molar refractivity (Wildman–Crippen MR) is 51.5 cm³/mol. The first-order valence-electron chi connectivity index (χ1n) is 4.03. The van der Waals surface area contributed by atoms with Crippen LogP contribution in [0.3, 0.4) is 0 Å². The molecular weight excluding hydrogens is 203 g/mol. The summed E-state index contributed by atoms with van der Waals surface area (Å²) in [7, 11) is 0. The van der Waals surface area contributed by atoms with Gasteiger partial charge >= 0.3 is 11.9 Å². The highest BCUT2D eigenvalue weighted by atomic mass is 19.1. The van der Waals surface area contributed by atoms with E-state index in [-0.39, 0.29) is 6.61 Å². The van der Waals surface area contributed by atoms with Crippen molar-refractivity contribution in [3.63, 3.8) is 0 Å². The van der Waals surface area contributed by atoms with Crippen molar-refractivity contribution in [1.82, 2.24) is 0 Å². The second-order valence-electron chi connectivity index (χ2n) is 2.28. The second kappa shape index (κ2) is 7.49. The van der Waals surface area contributed by atoms with Gasteiger partial charge in [-0.25, -0.2) is 9.59 Å². The van der Waals surface area contributed by atoms with Gasteiger partial charge in [0.25, 0.3) is 6.36 Å². The quantitative estimate of drug-likeness (QED) is 0.380. The molecule has 0 radical (unpaired) electrons. The number of carbonyl (C=O) groups excluding carboxylic acids is 2. The van der Waals surface area contributed by atoms with E-state index in [1.807, 2.05) is 0 Å². The van der Waals surface area contributed by atoms with Crippen LogP contribution in [0.1, 0.15) is 0 Å². The Kier molecular flexibility index (Phi) is 6.54. The lowest BCUT2D eigenvalue weighted by Crippen LogP contribution is -2.09. The van der Waals surface area contributed by atoms with Crippen LogP contribution in [0.4, 0.5) is 4.39 Å². The zero-order valence-corrected chi connectivity index (χ0v) is 8.02. The van der Waals surface area contributed by atoms with Crippen molar-refractivity contribution in [3.05, 3.63) is 37.5 Å². The molecule has 0 spiro atoms. The first-order chi connectivity index (χ1) is 7.10. The van der Waals surface area contributed by atoms with E-state index >= 15 is 0 Å². The Labute approximate surface area is 86.7 Å². The molecule has 0 heterocycles. The number of ether oxygens (including phenoxy) is 2. The van der Waals surface area contributed by atoms with E-state index in [1.165, 1.54) is 6.08 Å². The van der Waals surface area contributed by atoms with Gasteiger partial charge in [0, 0.05) is 12.2 Å². The van der Waals surface area contributed by atoms with Crippen molar-refractivity contribution in [2.24, 2.45) is 0 Å². The predicted octanol–water partition coefficient (Wildman–Crippen LogP) is 1.30. The lowest BCUT2D eigenvalue weighted by molar-refractivity contribution is -0.147. The third-order valence-corrected chi connectivity index (χ3v) is 1.11. The highest BCUT2D eigenvalue weighted by molar-refractivity contribution is 5.91. The average Bonchev–Trinajstić information content (AvgIpc) is 2.23. The third-order valence-electron chi connectivity index (χ3n) is 1.11. The highest BCUT2D eigenvalue weighted by Crippen LogP contribution is 1.96. The summed E-state index contributed by atoms with van der Waals surface area (Å²) in [6.45, 7) is 6.43. The van der Waals surface area contributed by atoms with E-state index in [2.05, 4.69) is 22.6 Å². The van der Waals surface area contributed by atoms with Crippen molar-refractivity contribution in [2.75, 3.05) is 6.61 Å². The molecule has 15 heavy (non-hydrogen) atoms. The second-order valence-corrected chi connectivity index (χ2v) is 2.28. The molecule has 5 heteroatoms. The SMILES string of the molecule is C=CCOC(=O)C=CC(=O)OC(F)C=C. The van der Waals surface area contributed by atoms with Gasteiger partial charge in [0.2, 0.25) is 0 Å². The molecule has 0 bridgehead atoms. The van der Waals surface area contributed by atoms with Gasteiger partial charge in [0.1, 0.15) is 6.61 Å². The Morgan fingerprint density at radius 1 is 1.27 bits per heavy atom. The van der Waals surface area contributed by atoms with Crippen LogP contribution in [0, 0.1) is 0 Å². The van der Waals surface area contributed by atoms with Gasteiger partial charge in [-0.1, -0.05) is 19.2 Å². The van der Waals surface area contributed by atoms with Gasteiger partial charge < -0.3 is 9.47 Å². The number of esters is 2. The lowest BCUT2D eigenvalue weighted by atomic mass is 10.5. The van der Waals surface area contributed by atoms with Crippen molar-refractivity contribution in [3.8, 4) is 0 Å². The van der Waals surface area contributed by atoms with Gasteiger partial charge in [-0.2, -0.15) is 4.39 Å². The normalized spacial score (nSPS) is 11.8. The Hall–Kier alpha value is -1.91. The summed E-state index contributed by atoms with van der Waals surface area (Å²) in [6.07, 6.45) is 1.90. The van der Waals surface area contributed by atoms with E-state index < -0.39 is 18.3 Å². The molecular formula is C10H11FO4.